The lowest BCUT2D eigenvalue weighted by Gasteiger charge is -2.06. The van der Waals surface area contributed by atoms with Crippen molar-refractivity contribution in [1.82, 2.24) is 9.78 Å². The van der Waals surface area contributed by atoms with Gasteiger partial charge < -0.3 is 4.74 Å². The number of hydrogen-bond acceptors (Lipinski definition) is 3. The van der Waals surface area contributed by atoms with Crippen LogP contribution in [0.4, 0.5) is 0 Å². The summed E-state index contributed by atoms with van der Waals surface area (Å²) in [5, 5.41) is 3.92. The molecule has 4 heteroatoms. The van der Waals surface area contributed by atoms with Crippen LogP contribution >= 0.6 is 0 Å². The van der Waals surface area contributed by atoms with E-state index >= 15 is 0 Å². The molecule has 0 unspecified atom stereocenters. The lowest BCUT2D eigenvalue weighted by Crippen LogP contribution is -2.17. The maximum absolute atomic E-state index is 11.2. The lowest BCUT2D eigenvalue weighted by atomic mass is 10.1. The Morgan fingerprint density at radius 1 is 1.69 bits per heavy atom. The van der Waals surface area contributed by atoms with Crippen LogP contribution in [0.5, 0.6) is 5.88 Å². The largest absolute Gasteiger partial charge is 0.470 e. The number of hydrogen-bond donors (Lipinski definition) is 0. The van der Waals surface area contributed by atoms with Crippen LogP contribution < -0.4 is 4.74 Å². The second kappa shape index (κ2) is 4.07. The molecule has 0 amide bonds. The first kappa shape index (κ1) is 9.77. The summed E-state index contributed by atoms with van der Waals surface area (Å²) in [6, 6.07) is 1.73. The van der Waals surface area contributed by atoms with Crippen molar-refractivity contribution < 1.29 is 9.53 Å². The van der Waals surface area contributed by atoms with Gasteiger partial charge in [-0.15, -0.1) is 0 Å². The van der Waals surface area contributed by atoms with Crippen LogP contribution in [0.15, 0.2) is 12.3 Å². The number of carbonyl (C=O) groups is 1. The minimum atomic E-state index is 0.0215. The number of ketones is 1. The van der Waals surface area contributed by atoms with E-state index in [2.05, 4.69) is 5.10 Å². The van der Waals surface area contributed by atoms with Crippen molar-refractivity contribution in [1.29, 1.82) is 0 Å². The fourth-order valence-electron chi connectivity index (χ4n) is 0.815. The fraction of sp³-hybridized carbons (Fsp3) is 0.556. The van der Waals surface area contributed by atoms with Crippen molar-refractivity contribution in [2.75, 3.05) is 6.61 Å². The van der Waals surface area contributed by atoms with Gasteiger partial charge in [-0.05, 0) is 0 Å². The predicted molar refractivity (Wildman–Crippen MR) is 48.5 cm³/mol. The van der Waals surface area contributed by atoms with E-state index in [4.69, 9.17) is 4.74 Å². The molecule has 0 aliphatic rings. The maximum Gasteiger partial charge on any atom is 0.211 e. The molecule has 0 fully saturated rings. The molecule has 0 radical (unpaired) electrons. The number of carbonyl (C=O) groups excluding carboxylic acids is 1. The minimum Gasteiger partial charge on any atom is -0.470 e. The third kappa shape index (κ3) is 2.57. The predicted octanol–water partition coefficient (Wildman–Crippen LogP) is 1.02. The first-order valence-corrected chi connectivity index (χ1v) is 4.24. The van der Waals surface area contributed by atoms with E-state index in [0.29, 0.717) is 5.88 Å². The van der Waals surface area contributed by atoms with Gasteiger partial charge in [-0.1, -0.05) is 13.8 Å². The van der Waals surface area contributed by atoms with Gasteiger partial charge in [-0.3, -0.25) is 4.79 Å². The molecule has 72 valence electrons. The summed E-state index contributed by atoms with van der Waals surface area (Å²) in [6.07, 6.45) is 1.63. The van der Waals surface area contributed by atoms with Crippen molar-refractivity contribution in [3.8, 4) is 5.88 Å². The van der Waals surface area contributed by atoms with E-state index in [1.54, 1.807) is 24.0 Å². The first-order chi connectivity index (χ1) is 6.11. The molecule has 1 aromatic rings. The Bertz CT molecular complexity index is 292. The molecule has 0 saturated carbocycles. The van der Waals surface area contributed by atoms with Crippen LogP contribution in [0.2, 0.25) is 0 Å². The molecule has 0 N–H and O–H groups in total. The van der Waals surface area contributed by atoms with Gasteiger partial charge in [0, 0.05) is 19.0 Å². The van der Waals surface area contributed by atoms with E-state index in [9.17, 15) is 4.79 Å². The molecular formula is C9H14N2O2. The van der Waals surface area contributed by atoms with Crippen LogP contribution in [-0.4, -0.2) is 22.2 Å². The van der Waals surface area contributed by atoms with Crippen LogP contribution in [0.25, 0.3) is 0 Å². The highest BCUT2D eigenvalue weighted by atomic mass is 16.5. The Balaban J connectivity index is 2.44. The summed E-state index contributed by atoms with van der Waals surface area (Å²) in [6.45, 7) is 3.83. The van der Waals surface area contributed by atoms with E-state index in [0.717, 1.165) is 0 Å². The molecule has 13 heavy (non-hydrogen) atoms. The van der Waals surface area contributed by atoms with Crippen molar-refractivity contribution in [2.45, 2.75) is 13.8 Å². The third-order valence-corrected chi connectivity index (χ3v) is 1.78. The quantitative estimate of drug-likeness (QED) is 0.698. The highest BCUT2D eigenvalue weighted by Crippen LogP contribution is 2.07. The number of ether oxygens (including phenoxy) is 1. The fourth-order valence-corrected chi connectivity index (χ4v) is 0.815. The smallest absolute Gasteiger partial charge is 0.211 e. The molecular weight excluding hydrogens is 168 g/mol. The third-order valence-electron chi connectivity index (χ3n) is 1.78. The van der Waals surface area contributed by atoms with Gasteiger partial charge in [-0.2, -0.15) is 5.10 Å². The molecule has 0 aliphatic heterocycles. The average Bonchev–Trinajstić information content (AvgIpc) is 2.47. The number of Topliss-reactive ketones (excluding diaryl/α,β-unsaturated/α-hetero) is 1. The summed E-state index contributed by atoms with van der Waals surface area (Å²) >= 11 is 0. The highest BCUT2D eigenvalue weighted by molar-refractivity contribution is 5.81. The molecule has 0 aromatic carbocycles. The Hall–Kier alpha value is -1.32. The van der Waals surface area contributed by atoms with E-state index in [1.165, 1.54) is 0 Å². The summed E-state index contributed by atoms with van der Waals surface area (Å²) in [7, 11) is 1.77. The van der Waals surface area contributed by atoms with Crippen molar-refractivity contribution in [3.63, 3.8) is 0 Å². The van der Waals surface area contributed by atoms with Gasteiger partial charge in [0.2, 0.25) is 5.88 Å². The summed E-state index contributed by atoms with van der Waals surface area (Å²) < 4.78 is 6.84. The standard InChI is InChI=1S/C9H14N2O2/c1-7(2)8(12)6-13-9-4-5-10-11(9)3/h4-5,7H,6H2,1-3H3. The summed E-state index contributed by atoms with van der Waals surface area (Å²) in [4.78, 5) is 11.2. The molecule has 0 saturated heterocycles. The first-order valence-electron chi connectivity index (χ1n) is 4.24. The summed E-state index contributed by atoms with van der Waals surface area (Å²) in [5.41, 5.74) is 0. The summed E-state index contributed by atoms with van der Waals surface area (Å²) in [5.74, 6) is 0.739. The van der Waals surface area contributed by atoms with Gasteiger partial charge in [0.1, 0.15) is 6.61 Å². The Labute approximate surface area is 77.5 Å². The second-order valence-corrected chi connectivity index (χ2v) is 3.20. The molecule has 0 bridgehead atoms. The highest BCUT2D eigenvalue weighted by Gasteiger charge is 2.08. The van der Waals surface area contributed by atoms with Gasteiger partial charge in [-0.25, -0.2) is 4.68 Å². The molecule has 1 rings (SSSR count). The van der Waals surface area contributed by atoms with Gasteiger partial charge in [0.15, 0.2) is 5.78 Å². The van der Waals surface area contributed by atoms with E-state index in [1.807, 2.05) is 13.8 Å². The normalized spacial score (nSPS) is 10.5. The zero-order valence-corrected chi connectivity index (χ0v) is 8.15. The molecule has 4 nitrogen and oxygen atoms in total. The van der Waals surface area contributed by atoms with E-state index < -0.39 is 0 Å². The molecule has 1 heterocycles. The van der Waals surface area contributed by atoms with Crippen LogP contribution in [0.3, 0.4) is 0 Å². The number of aryl methyl sites for hydroxylation is 1. The van der Waals surface area contributed by atoms with Crippen LogP contribution in [0, 0.1) is 5.92 Å². The average molecular weight is 182 g/mol. The Morgan fingerprint density at radius 3 is 2.85 bits per heavy atom. The van der Waals surface area contributed by atoms with Gasteiger partial charge >= 0.3 is 0 Å². The van der Waals surface area contributed by atoms with Gasteiger partial charge in [0.25, 0.3) is 0 Å². The Morgan fingerprint density at radius 2 is 2.38 bits per heavy atom. The van der Waals surface area contributed by atoms with E-state index in [-0.39, 0.29) is 18.3 Å². The van der Waals surface area contributed by atoms with Crippen molar-refractivity contribution in [2.24, 2.45) is 13.0 Å². The number of aromatic nitrogens is 2. The lowest BCUT2D eigenvalue weighted by molar-refractivity contribution is -0.124. The van der Waals surface area contributed by atoms with Crippen molar-refractivity contribution >= 4 is 5.78 Å². The molecule has 1 aromatic heterocycles. The Kier molecular flexibility index (Phi) is 3.06. The maximum atomic E-state index is 11.2. The zero-order valence-electron chi connectivity index (χ0n) is 8.15. The minimum absolute atomic E-state index is 0.0215. The SMILES string of the molecule is CC(C)C(=O)COc1ccnn1C. The molecule has 0 spiro atoms. The van der Waals surface area contributed by atoms with Crippen molar-refractivity contribution in [3.05, 3.63) is 12.3 Å². The molecule has 0 aliphatic carbocycles. The number of rotatable bonds is 4. The second-order valence-electron chi connectivity index (χ2n) is 3.20. The van der Waals surface area contributed by atoms with Crippen LogP contribution in [-0.2, 0) is 11.8 Å². The van der Waals surface area contributed by atoms with Gasteiger partial charge in [0.05, 0.1) is 6.20 Å². The number of nitrogens with zero attached hydrogens (tertiary/aromatic N) is 2. The monoisotopic (exact) mass is 182 g/mol. The topological polar surface area (TPSA) is 44.1 Å². The molecule has 0 atom stereocenters. The zero-order chi connectivity index (χ0) is 9.84. The van der Waals surface area contributed by atoms with Crippen LogP contribution in [0.1, 0.15) is 13.8 Å².